The van der Waals surface area contributed by atoms with E-state index >= 15 is 0 Å². The number of alkyl halides is 3. The number of carbonyl (C=O) groups excluding carboxylic acids is 1. The number of nitrogens with one attached hydrogen (secondary N) is 2. The maximum atomic E-state index is 13.1. The van der Waals surface area contributed by atoms with E-state index in [-0.39, 0.29) is 22.8 Å². The van der Waals surface area contributed by atoms with E-state index in [1.165, 1.54) is 12.3 Å². The van der Waals surface area contributed by atoms with E-state index in [1.54, 1.807) is 0 Å². The van der Waals surface area contributed by atoms with Crippen molar-refractivity contribution in [3.05, 3.63) is 41.0 Å². The van der Waals surface area contributed by atoms with E-state index in [4.69, 9.17) is 4.74 Å². The minimum absolute atomic E-state index is 0.00830. The number of aryl methyl sites for hydroxylation is 1. The van der Waals surface area contributed by atoms with Crippen molar-refractivity contribution in [1.82, 2.24) is 20.5 Å². The first-order valence-corrected chi connectivity index (χ1v) is 10.3. The molecule has 2 N–H and O–H groups in total. The van der Waals surface area contributed by atoms with Crippen molar-refractivity contribution in [3.63, 3.8) is 0 Å². The zero-order chi connectivity index (χ0) is 23.0. The monoisotopic (exact) mass is 438 g/mol. The van der Waals surface area contributed by atoms with Crippen LogP contribution in [-0.2, 0) is 5.54 Å². The molecule has 1 aliphatic carbocycles. The molecule has 0 bridgehead atoms. The topological polar surface area (TPSA) is 79.9 Å². The lowest BCUT2D eigenvalue weighted by Crippen LogP contribution is -2.46. The molecule has 31 heavy (non-hydrogen) atoms. The van der Waals surface area contributed by atoms with E-state index in [0.29, 0.717) is 17.7 Å². The van der Waals surface area contributed by atoms with Gasteiger partial charge in [0.05, 0.1) is 11.2 Å². The van der Waals surface area contributed by atoms with Gasteiger partial charge in [0.15, 0.2) is 6.61 Å². The molecule has 2 aromatic heterocycles. The third-order valence-corrected chi connectivity index (χ3v) is 5.08. The maximum absolute atomic E-state index is 13.1. The number of ether oxygens (including phenoxy) is 1. The lowest BCUT2D eigenvalue weighted by atomic mass is 9.78. The Kier molecular flexibility index (Phi) is 6.08. The molecule has 1 amide bonds. The van der Waals surface area contributed by atoms with Gasteiger partial charge < -0.3 is 10.1 Å². The smallest absolute Gasteiger partial charge is 0.422 e. The highest BCUT2D eigenvalue weighted by Crippen LogP contribution is 2.44. The number of hydrogen-bond donors (Lipinski definition) is 2. The molecule has 0 saturated heterocycles. The van der Waals surface area contributed by atoms with Crippen LogP contribution >= 0.6 is 0 Å². The molecule has 1 fully saturated rings. The van der Waals surface area contributed by atoms with Crippen LogP contribution in [0, 0.1) is 12.3 Å². The summed E-state index contributed by atoms with van der Waals surface area (Å²) < 4.78 is 43.1. The summed E-state index contributed by atoms with van der Waals surface area (Å²) in [6.07, 6.45) is -0.670. The standard InChI is InChI=1S/C22H29F3N4O2/c1-13-8-18(29-28-13)21(5,11-20(2,3)4)27-19(30)16-9-17(31-12-22(23,24)25)15(10-26-16)14-6-7-14/h8-10,14H,6-7,11-12H2,1-5H3,(H,27,30)(H,28,29)/t21-/m1/s1. The second-order valence-corrected chi connectivity index (χ2v) is 9.75. The van der Waals surface area contributed by atoms with Gasteiger partial charge in [0.1, 0.15) is 11.4 Å². The summed E-state index contributed by atoms with van der Waals surface area (Å²) >= 11 is 0. The molecule has 0 aliphatic heterocycles. The van der Waals surface area contributed by atoms with E-state index in [0.717, 1.165) is 18.5 Å². The summed E-state index contributed by atoms with van der Waals surface area (Å²) in [5.74, 6) is -0.300. The Morgan fingerprint density at radius 1 is 1.23 bits per heavy atom. The lowest BCUT2D eigenvalue weighted by molar-refractivity contribution is -0.153. The molecule has 1 aliphatic rings. The van der Waals surface area contributed by atoms with Crippen LogP contribution in [0.3, 0.4) is 0 Å². The molecule has 170 valence electrons. The van der Waals surface area contributed by atoms with Crippen LogP contribution in [0.4, 0.5) is 13.2 Å². The number of carbonyl (C=O) groups is 1. The molecular formula is C22H29F3N4O2. The average Bonchev–Trinajstić information content (AvgIpc) is 3.37. The van der Waals surface area contributed by atoms with Crippen LogP contribution in [0.1, 0.15) is 80.3 Å². The van der Waals surface area contributed by atoms with Gasteiger partial charge in [0, 0.05) is 23.5 Å². The van der Waals surface area contributed by atoms with Crippen LogP contribution < -0.4 is 10.1 Å². The van der Waals surface area contributed by atoms with E-state index in [2.05, 4.69) is 41.3 Å². The molecule has 1 saturated carbocycles. The number of nitrogens with zero attached hydrogens (tertiary/aromatic N) is 2. The third kappa shape index (κ3) is 6.21. The van der Waals surface area contributed by atoms with Crippen molar-refractivity contribution in [2.24, 2.45) is 5.41 Å². The van der Waals surface area contributed by atoms with Gasteiger partial charge in [-0.05, 0) is 50.5 Å². The highest BCUT2D eigenvalue weighted by atomic mass is 19.4. The third-order valence-electron chi connectivity index (χ3n) is 5.08. The molecular weight excluding hydrogens is 409 g/mol. The van der Waals surface area contributed by atoms with E-state index < -0.39 is 24.2 Å². The number of hydrogen-bond acceptors (Lipinski definition) is 4. The first kappa shape index (κ1) is 23.1. The van der Waals surface area contributed by atoms with E-state index in [1.807, 2.05) is 19.9 Å². The maximum Gasteiger partial charge on any atom is 0.422 e. The zero-order valence-corrected chi connectivity index (χ0v) is 18.5. The van der Waals surface area contributed by atoms with Crippen molar-refractivity contribution in [2.45, 2.75) is 71.5 Å². The zero-order valence-electron chi connectivity index (χ0n) is 18.5. The lowest BCUT2D eigenvalue weighted by Gasteiger charge is -2.35. The molecule has 6 nitrogen and oxygen atoms in total. The van der Waals surface area contributed by atoms with Gasteiger partial charge in [-0.3, -0.25) is 14.9 Å². The number of rotatable bonds is 7. The number of aromatic nitrogens is 3. The number of pyridine rings is 1. The minimum Gasteiger partial charge on any atom is -0.484 e. The Labute approximate surface area is 180 Å². The predicted octanol–water partition coefficient (Wildman–Crippen LogP) is 5.01. The number of amides is 1. The molecule has 1 atom stereocenters. The van der Waals surface area contributed by atoms with Crippen LogP contribution in [0.15, 0.2) is 18.3 Å². The fourth-order valence-corrected chi connectivity index (χ4v) is 3.83. The first-order valence-electron chi connectivity index (χ1n) is 10.3. The van der Waals surface area contributed by atoms with Gasteiger partial charge in [-0.15, -0.1) is 0 Å². The highest BCUT2D eigenvalue weighted by molar-refractivity contribution is 5.93. The average molecular weight is 438 g/mol. The van der Waals surface area contributed by atoms with Crippen LogP contribution in [0.25, 0.3) is 0 Å². The Bertz CT molecular complexity index is 945. The largest absolute Gasteiger partial charge is 0.484 e. The van der Waals surface area contributed by atoms with Gasteiger partial charge in [0.2, 0.25) is 0 Å². The fraction of sp³-hybridized carbons (Fsp3) is 0.591. The van der Waals surface area contributed by atoms with Crippen molar-refractivity contribution >= 4 is 5.91 Å². The Morgan fingerprint density at radius 3 is 2.42 bits per heavy atom. The van der Waals surface area contributed by atoms with Gasteiger partial charge in [0.25, 0.3) is 5.91 Å². The molecule has 0 radical (unpaired) electrons. The SMILES string of the molecule is Cc1cc([C@@](C)(CC(C)(C)C)NC(=O)c2cc(OCC(F)(F)F)c(C3CC3)cn2)n[nH]1. The fourth-order valence-electron chi connectivity index (χ4n) is 3.83. The summed E-state index contributed by atoms with van der Waals surface area (Å²) in [4.78, 5) is 17.3. The summed E-state index contributed by atoms with van der Waals surface area (Å²) in [6, 6.07) is 3.18. The summed E-state index contributed by atoms with van der Waals surface area (Å²) in [5.41, 5.74) is 1.23. The van der Waals surface area contributed by atoms with Crippen LogP contribution in [0.2, 0.25) is 0 Å². The van der Waals surface area contributed by atoms with Gasteiger partial charge >= 0.3 is 6.18 Å². The molecule has 0 unspecified atom stereocenters. The van der Waals surface area contributed by atoms with Crippen molar-refractivity contribution in [3.8, 4) is 5.75 Å². The summed E-state index contributed by atoms with van der Waals surface area (Å²) in [6.45, 7) is 8.52. The molecule has 2 aromatic rings. The second-order valence-electron chi connectivity index (χ2n) is 9.75. The van der Waals surface area contributed by atoms with Gasteiger partial charge in [-0.1, -0.05) is 20.8 Å². The number of H-pyrrole nitrogens is 1. The molecule has 3 rings (SSSR count). The van der Waals surface area contributed by atoms with Crippen molar-refractivity contribution in [1.29, 1.82) is 0 Å². The Morgan fingerprint density at radius 2 is 1.90 bits per heavy atom. The van der Waals surface area contributed by atoms with E-state index in [9.17, 15) is 18.0 Å². The van der Waals surface area contributed by atoms with Crippen molar-refractivity contribution in [2.75, 3.05) is 6.61 Å². The first-order chi connectivity index (χ1) is 14.3. The predicted molar refractivity (Wildman–Crippen MR) is 110 cm³/mol. The highest BCUT2D eigenvalue weighted by Gasteiger charge is 2.37. The van der Waals surface area contributed by atoms with Gasteiger partial charge in [-0.2, -0.15) is 18.3 Å². The minimum atomic E-state index is -4.46. The molecule has 9 heteroatoms. The second kappa shape index (κ2) is 8.16. The molecule has 0 aromatic carbocycles. The van der Waals surface area contributed by atoms with Gasteiger partial charge in [-0.25, -0.2) is 0 Å². The number of aromatic amines is 1. The quantitative estimate of drug-likeness (QED) is 0.637. The summed E-state index contributed by atoms with van der Waals surface area (Å²) in [7, 11) is 0. The molecule has 0 spiro atoms. The normalized spacial score (nSPS) is 16.6. The molecule has 2 heterocycles. The Balaban J connectivity index is 1.87. The number of halogens is 3. The van der Waals surface area contributed by atoms with Crippen molar-refractivity contribution < 1.29 is 22.7 Å². The van der Waals surface area contributed by atoms with Crippen LogP contribution in [0.5, 0.6) is 5.75 Å². The Hall–Kier alpha value is -2.58. The summed E-state index contributed by atoms with van der Waals surface area (Å²) in [5, 5.41) is 10.2. The van der Waals surface area contributed by atoms with Crippen LogP contribution in [-0.4, -0.2) is 33.9 Å².